The van der Waals surface area contributed by atoms with Crippen LogP contribution < -0.4 is 0 Å². The van der Waals surface area contributed by atoms with Crippen LogP contribution in [0.4, 0.5) is 0 Å². The highest BCUT2D eigenvalue weighted by Crippen LogP contribution is 2.27. The lowest BCUT2D eigenvalue weighted by atomic mass is 9.95. The van der Waals surface area contributed by atoms with Gasteiger partial charge in [-0.1, -0.05) is 42.5 Å². The third-order valence-corrected chi connectivity index (χ3v) is 3.52. The molecule has 0 fully saturated rings. The number of Topliss-reactive ketones (excluding diaryl/α,β-unsaturated/α-hetero) is 1. The first-order valence-corrected chi connectivity index (χ1v) is 6.92. The number of nitrogens with zero attached hydrogens (tertiary/aromatic N) is 3. The average Bonchev–Trinajstić information content (AvgIpc) is 3.08. The van der Waals surface area contributed by atoms with Crippen molar-refractivity contribution in [3.8, 4) is 5.69 Å². The Morgan fingerprint density at radius 2 is 1.73 bits per heavy atom. The summed E-state index contributed by atoms with van der Waals surface area (Å²) in [4.78, 5) is 13.9. The Kier molecular flexibility index (Phi) is 3.80. The molecule has 1 atom stereocenters. The average molecular weight is 293 g/mol. The molecule has 0 aliphatic carbocycles. The van der Waals surface area contributed by atoms with Crippen LogP contribution in [0.15, 0.2) is 60.9 Å². The molecule has 22 heavy (non-hydrogen) atoms. The van der Waals surface area contributed by atoms with Crippen molar-refractivity contribution in [2.45, 2.75) is 13.0 Å². The van der Waals surface area contributed by atoms with Gasteiger partial charge >= 0.3 is 0 Å². The molecular formula is C17H15N3O2. The van der Waals surface area contributed by atoms with Crippen LogP contribution in [-0.2, 0) is 0 Å². The Balaban J connectivity index is 2.06. The van der Waals surface area contributed by atoms with E-state index in [1.807, 2.05) is 25.1 Å². The summed E-state index contributed by atoms with van der Waals surface area (Å²) in [6, 6.07) is 14.2. The van der Waals surface area contributed by atoms with Gasteiger partial charge in [-0.05, 0) is 18.6 Å². The van der Waals surface area contributed by atoms with E-state index in [0.29, 0.717) is 16.8 Å². The maximum Gasteiger partial charge on any atom is 0.195 e. The van der Waals surface area contributed by atoms with Gasteiger partial charge in [0.2, 0.25) is 0 Å². The molecule has 5 heteroatoms. The topological polar surface area (TPSA) is 68.0 Å². The molecule has 3 aromatic rings. The Morgan fingerprint density at radius 1 is 1.05 bits per heavy atom. The van der Waals surface area contributed by atoms with Gasteiger partial charge in [-0.15, -0.1) is 0 Å². The van der Waals surface area contributed by atoms with Gasteiger partial charge in [-0.25, -0.2) is 0 Å². The molecule has 0 radical (unpaired) electrons. The van der Waals surface area contributed by atoms with Crippen molar-refractivity contribution in [1.82, 2.24) is 15.0 Å². The minimum absolute atomic E-state index is 0.344. The summed E-state index contributed by atoms with van der Waals surface area (Å²) in [5.41, 5.74) is 2.40. The first-order valence-electron chi connectivity index (χ1n) is 6.92. The maximum atomic E-state index is 12.5. The van der Waals surface area contributed by atoms with E-state index in [1.165, 1.54) is 4.80 Å². The number of hydrogen-bond acceptors (Lipinski definition) is 4. The van der Waals surface area contributed by atoms with Crippen molar-refractivity contribution in [2.75, 3.05) is 0 Å². The number of benzene rings is 2. The summed E-state index contributed by atoms with van der Waals surface area (Å²) in [5.74, 6) is -0.344. The third-order valence-electron chi connectivity index (χ3n) is 3.52. The minimum Gasteiger partial charge on any atom is -0.380 e. The zero-order valence-electron chi connectivity index (χ0n) is 12.0. The number of aromatic nitrogens is 3. The van der Waals surface area contributed by atoms with Gasteiger partial charge in [-0.3, -0.25) is 4.79 Å². The van der Waals surface area contributed by atoms with Gasteiger partial charge in [0.05, 0.1) is 18.1 Å². The fourth-order valence-corrected chi connectivity index (χ4v) is 2.43. The van der Waals surface area contributed by atoms with Gasteiger partial charge in [0.25, 0.3) is 0 Å². The SMILES string of the molecule is Cc1cccc(-n2nccn2)c1C(O)C(=O)c1ccccc1. The van der Waals surface area contributed by atoms with Crippen LogP contribution in [0.5, 0.6) is 0 Å². The Morgan fingerprint density at radius 3 is 2.41 bits per heavy atom. The normalized spacial score (nSPS) is 12.1. The Labute approximate surface area is 127 Å². The zero-order valence-corrected chi connectivity index (χ0v) is 12.0. The molecule has 3 rings (SSSR count). The van der Waals surface area contributed by atoms with E-state index in [2.05, 4.69) is 10.2 Å². The second-order valence-electron chi connectivity index (χ2n) is 4.96. The van der Waals surface area contributed by atoms with Crippen LogP contribution >= 0.6 is 0 Å². The summed E-state index contributed by atoms with van der Waals surface area (Å²) >= 11 is 0. The zero-order chi connectivity index (χ0) is 15.5. The van der Waals surface area contributed by atoms with Gasteiger partial charge in [0.15, 0.2) is 5.78 Å². The van der Waals surface area contributed by atoms with Gasteiger partial charge in [-0.2, -0.15) is 15.0 Å². The van der Waals surface area contributed by atoms with E-state index in [9.17, 15) is 9.90 Å². The molecule has 0 amide bonds. The number of rotatable bonds is 4. The highest BCUT2D eigenvalue weighted by molar-refractivity contribution is 6.00. The van der Waals surface area contributed by atoms with E-state index in [0.717, 1.165) is 5.56 Å². The first kappa shape index (κ1) is 14.2. The van der Waals surface area contributed by atoms with Crippen molar-refractivity contribution < 1.29 is 9.90 Å². The number of hydrogen-bond donors (Lipinski definition) is 1. The summed E-state index contributed by atoms with van der Waals surface area (Å²) in [6.07, 6.45) is 1.85. The molecule has 0 saturated heterocycles. The molecule has 0 bridgehead atoms. The molecule has 1 N–H and O–H groups in total. The van der Waals surface area contributed by atoms with E-state index in [4.69, 9.17) is 0 Å². The van der Waals surface area contributed by atoms with Gasteiger partial charge in [0.1, 0.15) is 6.10 Å². The fourth-order valence-electron chi connectivity index (χ4n) is 2.43. The summed E-state index contributed by atoms with van der Waals surface area (Å²) in [6.45, 7) is 1.85. The molecule has 2 aromatic carbocycles. The summed E-state index contributed by atoms with van der Waals surface area (Å²) in [5, 5.41) is 18.8. The molecular weight excluding hydrogens is 278 g/mol. The van der Waals surface area contributed by atoms with E-state index in [-0.39, 0.29) is 5.78 Å². The largest absolute Gasteiger partial charge is 0.380 e. The van der Waals surface area contributed by atoms with Crippen molar-refractivity contribution in [3.05, 3.63) is 77.6 Å². The molecule has 5 nitrogen and oxygen atoms in total. The van der Waals surface area contributed by atoms with Crippen molar-refractivity contribution in [2.24, 2.45) is 0 Å². The van der Waals surface area contributed by atoms with Crippen molar-refractivity contribution in [1.29, 1.82) is 0 Å². The molecule has 0 spiro atoms. The predicted octanol–water partition coefficient (Wildman–Crippen LogP) is 2.49. The number of carbonyl (C=O) groups excluding carboxylic acids is 1. The van der Waals surface area contributed by atoms with Crippen LogP contribution in [-0.4, -0.2) is 25.9 Å². The van der Waals surface area contributed by atoms with Gasteiger partial charge < -0.3 is 5.11 Å². The number of aryl methyl sites for hydroxylation is 1. The van der Waals surface area contributed by atoms with Crippen LogP contribution in [0.25, 0.3) is 5.69 Å². The standard InChI is InChI=1S/C17H15N3O2/c1-12-6-5-9-14(20-18-10-11-19-20)15(12)17(22)16(21)13-7-3-2-4-8-13/h2-11,17,22H,1H3. The molecule has 110 valence electrons. The molecule has 1 heterocycles. The molecule has 1 aromatic heterocycles. The molecule has 0 aliphatic heterocycles. The Hall–Kier alpha value is -2.79. The van der Waals surface area contributed by atoms with Gasteiger partial charge in [0, 0.05) is 11.1 Å². The van der Waals surface area contributed by atoms with E-state index in [1.54, 1.807) is 42.7 Å². The smallest absolute Gasteiger partial charge is 0.195 e. The predicted molar refractivity (Wildman–Crippen MR) is 81.8 cm³/mol. The highest BCUT2D eigenvalue weighted by atomic mass is 16.3. The number of ketones is 1. The quantitative estimate of drug-likeness (QED) is 0.750. The van der Waals surface area contributed by atoms with E-state index >= 15 is 0 Å². The third kappa shape index (κ3) is 2.54. The van der Waals surface area contributed by atoms with Crippen molar-refractivity contribution in [3.63, 3.8) is 0 Å². The summed E-state index contributed by atoms with van der Waals surface area (Å²) < 4.78 is 0. The lowest BCUT2D eigenvalue weighted by Crippen LogP contribution is -2.17. The summed E-state index contributed by atoms with van der Waals surface area (Å²) in [7, 11) is 0. The second kappa shape index (κ2) is 5.91. The van der Waals surface area contributed by atoms with Crippen molar-refractivity contribution >= 4 is 5.78 Å². The molecule has 0 saturated carbocycles. The lowest BCUT2D eigenvalue weighted by molar-refractivity contribution is 0.0745. The monoisotopic (exact) mass is 293 g/mol. The fraction of sp³-hybridized carbons (Fsp3) is 0.118. The van der Waals surface area contributed by atoms with Crippen LogP contribution in [0, 0.1) is 6.92 Å². The maximum absolute atomic E-state index is 12.5. The second-order valence-corrected chi connectivity index (χ2v) is 4.96. The lowest BCUT2D eigenvalue weighted by Gasteiger charge is -2.16. The van der Waals surface area contributed by atoms with Crippen LogP contribution in [0.1, 0.15) is 27.6 Å². The number of aliphatic hydroxyl groups is 1. The molecule has 0 aliphatic rings. The Bertz CT molecular complexity index is 783. The number of carbonyl (C=O) groups is 1. The number of aliphatic hydroxyl groups excluding tert-OH is 1. The minimum atomic E-state index is -1.26. The first-order chi connectivity index (χ1) is 10.7. The molecule has 1 unspecified atom stereocenters. The van der Waals surface area contributed by atoms with Crippen LogP contribution in [0.2, 0.25) is 0 Å². The van der Waals surface area contributed by atoms with Crippen LogP contribution in [0.3, 0.4) is 0 Å². The highest BCUT2D eigenvalue weighted by Gasteiger charge is 2.24. The van der Waals surface area contributed by atoms with E-state index < -0.39 is 6.10 Å².